The van der Waals surface area contributed by atoms with Crippen molar-refractivity contribution >= 4 is 23.1 Å². The maximum Gasteiger partial charge on any atom is 0.276 e. The molecule has 0 fully saturated rings. The second-order valence-electron chi connectivity index (χ2n) is 3.95. The van der Waals surface area contributed by atoms with Crippen LogP contribution in [0.1, 0.15) is 10.5 Å². The van der Waals surface area contributed by atoms with E-state index in [0.29, 0.717) is 11.6 Å². The summed E-state index contributed by atoms with van der Waals surface area (Å²) in [6.07, 6.45) is 1.26. The SMILES string of the molecule is COc1cc(C(=O)Nc2cc(-c3cccs3)no2)ncn1. The van der Waals surface area contributed by atoms with Crippen molar-refractivity contribution in [3.05, 3.63) is 41.7 Å². The summed E-state index contributed by atoms with van der Waals surface area (Å²) in [5.41, 5.74) is 0.844. The highest BCUT2D eigenvalue weighted by Gasteiger charge is 2.13. The molecule has 8 heteroatoms. The van der Waals surface area contributed by atoms with E-state index < -0.39 is 5.91 Å². The van der Waals surface area contributed by atoms with Crippen molar-refractivity contribution in [1.82, 2.24) is 15.1 Å². The zero-order chi connectivity index (χ0) is 14.7. The fourth-order valence-corrected chi connectivity index (χ4v) is 2.30. The minimum Gasteiger partial charge on any atom is -0.481 e. The lowest BCUT2D eigenvalue weighted by molar-refractivity contribution is 0.101. The number of hydrogen-bond donors (Lipinski definition) is 1. The summed E-state index contributed by atoms with van der Waals surface area (Å²) in [5, 5.41) is 8.42. The van der Waals surface area contributed by atoms with Gasteiger partial charge in [0.05, 0.1) is 12.0 Å². The van der Waals surface area contributed by atoms with Crippen LogP contribution in [-0.4, -0.2) is 28.1 Å². The molecular weight excluding hydrogens is 292 g/mol. The summed E-state index contributed by atoms with van der Waals surface area (Å²) in [6, 6.07) is 6.93. The fourth-order valence-electron chi connectivity index (χ4n) is 1.63. The molecule has 0 aliphatic rings. The molecular formula is C13H10N4O3S. The molecule has 3 aromatic heterocycles. The Bertz CT molecular complexity index is 754. The number of rotatable bonds is 4. The third-order valence-electron chi connectivity index (χ3n) is 2.60. The number of carbonyl (C=O) groups excluding carboxylic acids is 1. The van der Waals surface area contributed by atoms with E-state index in [1.165, 1.54) is 30.8 Å². The molecule has 0 unspecified atom stereocenters. The van der Waals surface area contributed by atoms with Gasteiger partial charge in [-0.25, -0.2) is 9.97 Å². The van der Waals surface area contributed by atoms with E-state index in [-0.39, 0.29) is 11.6 Å². The number of anilines is 1. The van der Waals surface area contributed by atoms with Crippen LogP contribution in [0, 0.1) is 0 Å². The van der Waals surface area contributed by atoms with Crippen LogP contribution < -0.4 is 10.1 Å². The van der Waals surface area contributed by atoms with Gasteiger partial charge in [0.2, 0.25) is 11.8 Å². The number of amides is 1. The van der Waals surface area contributed by atoms with Gasteiger partial charge in [-0.2, -0.15) is 0 Å². The van der Waals surface area contributed by atoms with Crippen LogP contribution in [0.15, 0.2) is 40.5 Å². The molecule has 0 spiro atoms. The van der Waals surface area contributed by atoms with E-state index in [4.69, 9.17) is 9.26 Å². The predicted molar refractivity (Wildman–Crippen MR) is 76.4 cm³/mol. The van der Waals surface area contributed by atoms with E-state index in [1.807, 2.05) is 17.5 Å². The Morgan fingerprint density at radius 1 is 1.38 bits per heavy atom. The molecule has 1 N–H and O–H groups in total. The molecule has 0 atom stereocenters. The summed E-state index contributed by atoms with van der Waals surface area (Å²) < 4.78 is 10.0. The second kappa shape index (κ2) is 5.71. The average molecular weight is 302 g/mol. The Kier molecular flexibility index (Phi) is 3.61. The number of carbonyl (C=O) groups is 1. The zero-order valence-corrected chi connectivity index (χ0v) is 11.8. The topological polar surface area (TPSA) is 90.1 Å². The van der Waals surface area contributed by atoms with Gasteiger partial charge in [0.1, 0.15) is 17.7 Å². The van der Waals surface area contributed by atoms with Crippen molar-refractivity contribution in [2.45, 2.75) is 0 Å². The number of hydrogen-bond acceptors (Lipinski definition) is 7. The molecule has 106 valence electrons. The lowest BCUT2D eigenvalue weighted by atomic mass is 10.3. The largest absolute Gasteiger partial charge is 0.481 e. The number of methoxy groups -OCH3 is 1. The Balaban J connectivity index is 1.75. The molecule has 21 heavy (non-hydrogen) atoms. The molecule has 0 aliphatic heterocycles. The lowest BCUT2D eigenvalue weighted by Gasteiger charge is -2.01. The summed E-state index contributed by atoms with van der Waals surface area (Å²) in [5.74, 6) is 0.137. The quantitative estimate of drug-likeness (QED) is 0.796. The van der Waals surface area contributed by atoms with Crippen LogP contribution in [0.4, 0.5) is 5.88 Å². The van der Waals surface area contributed by atoms with Gasteiger partial charge in [-0.1, -0.05) is 11.2 Å². The zero-order valence-electron chi connectivity index (χ0n) is 10.9. The van der Waals surface area contributed by atoms with Crippen LogP contribution in [-0.2, 0) is 0 Å². The monoisotopic (exact) mass is 302 g/mol. The molecule has 3 aromatic rings. The molecule has 0 aliphatic carbocycles. The molecule has 0 bridgehead atoms. The first-order valence-electron chi connectivity index (χ1n) is 5.94. The van der Waals surface area contributed by atoms with Gasteiger partial charge < -0.3 is 9.26 Å². The second-order valence-corrected chi connectivity index (χ2v) is 4.90. The van der Waals surface area contributed by atoms with Crippen molar-refractivity contribution in [1.29, 1.82) is 0 Å². The third kappa shape index (κ3) is 2.90. The van der Waals surface area contributed by atoms with E-state index >= 15 is 0 Å². The van der Waals surface area contributed by atoms with Crippen molar-refractivity contribution in [3.8, 4) is 16.5 Å². The number of nitrogens with one attached hydrogen (secondary N) is 1. The van der Waals surface area contributed by atoms with Gasteiger partial charge in [0, 0.05) is 12.1 Å². The summed E-state index contributed by atoms with van der Waals surface area (Å²) in [7, 11) is 1.47. The Morgan fingerprint density at radius 3 is 3.05 bits per heavy atom. The molecule has 0 saturated heterocycles. The van der Waals surface area contributed by atoms with Gasteiger partial charge in [0.15, 0.2) is 0 Å². The molecule has 0 aromatic carbocycles. The Labute approximate surface area is 123 Å². The highest BCUT2D eigenvalue weighted by atomic mass is 32.1. The maximum atomic E-state index is 12.0. The van der Waals surface area contributed by atoms with Gasteiger partial charge in [-0.3, -0.25) is 10.1 Å². The van der Waals surface area contributed by atoms with Crippen LogP contribution in [0.25, 0.3) is 10.6 Å². The van der Waals surface area contributed by atoms with E-state index in [9.17, 15) is 4.79 Å². The average Bonchev–Trinajstić information content (AvgIpc) is 3.18. The number of aromatic nitrogens is 3. The normalized spacial score (nSPS) is 10.3. The number of thiophene rings is 1. The molecule has 3 rings (SSSR count). The van der Waals surface area contributed by atoms with Crippen molar-refractivity contribution in [2.75, 3.05) is 12.4 Å². The van der Waals surface area contributed by atoms with E-state index in [0.717, 1.165) is 4.88 Å². The fraction of sp³-hybridized carbons (Fsp3) is 0.0769. The summed E-state index contributed by atoms with van der Waals surface area (Å²) in [4.78, 5) is 20.7. The first-order chi connectivity index (χ1) is 10.3. The minimum atomic E-state index is -0.426. The first-order valence-corrected chi connectivity index (χ1v) is 6.82. The highest BCUT2D eigenvalue weighted by molar-refractivity contribution is 7.13. The van der Waals surface area contributed by atoms with Crippen molar-refractivity contribution in [2.24, 2.45) is 0 Å². The standard InChI is InChI=1S/C13H10N4O3S/c1-19-11-6-9(14-7-15-11)13(18)16-12-5-8(17-20-12)10-3-2-4-21-10/h2-7H,1H3,(H,16,18). The predicted octanol–water partition coefficient (Wildman–Crippen LogP) is 2.45. The van der Waals surface area contributed by atoms with Crippen LogP contribution >= 0.6 is 11.3 Å². The summed E-state index contributed by atoms with van der Waals surface area (Å²) in [6.45, 7) is 0. The maximum absolute atomic E-state index is 12.0. The minimum absolute atomic E-state index is 0.177. The first kappa shape index (κ1) is 13.3. The third-order valence-corrected chi connectivity index (χ3v) is 3.50. The lowest BCUT2D eigenvalue weighted by Crippen LogP contribution is -2.13. The smallest absolute Gasteiger partial charge is 0.276 e. The number of nitrogens with zero attached hydrogens (tertiary/aromatic N) is 3. The molecule has 7 nitrogen and oxygen atoms in total. The molecule has 0 saturated carbocycles. The van der Waals surface area contributed by atoms with E-state index in [2.05, 4.69) is 20.4 Å². The Morgan fingerprint density at radius 2 is 2.29 bits per heavy atom. The van der Waals surface area contributed by atoms with Crippen molar-refractivity contribution in [3.63, 3.8) is 0 Å². The van der Waals surface area contributed by atoms with Gasteiger partial charge >= 0.3 is 0 Å². The van der Waals surface area contributed by atoms with Gasteiger partial charge in [-0.15, -0.1) is 11.3 Å². The van der Waals surface area contributed by atoms with Gasteiger partial charge in [0.25, 0.3) is 5.91 Å². The van der Waals surface area contributed by atoms with Crippen LogP contribution in [0.2, 0.25) is 0 Å². The highest BCUT2D eigenvalue weighted by Crippen LogP contribution is 2.25. The molecule has 0 radical (unpaired) electrons. The van der Waals surface area contributed by atoms with E-state index in [1.54, 1.807) is 6.07 Å². The van der Waals surface area contributed by atoms with Gasteiger partial charge in [-0.05, 0) is 11.4 Å². The molecule has 3 heterocycles. The number of ether oxygens (including phenoxy) is 1. The van der Waals surface area contributed by atoms with Crippen LogP contribution in [0.3, 0.4) is 0 Å². The van der Waals surface area contributed by atoms with Crippen LogP contribution in [0.5, 0.6) is 5.88 Å². The summed E-state index contributed by atoms with van der Waals surface area (Å²) >= 11 is 1.54. The Hall–Kier alpha value is -2.74. The molecule has 1 amide bonds. The van der Waals surface area contributed by atoms with Crippen molar-refractivity contribution < 1.29 is 14.1 Å².